The maximum Gasteiger partial charge on any atom is 0.338 e. The molecule has 28 heavy (non-hydrogen) atoms. The molecule has 0 amide bonds. The Balaban J connectivity index is 1.50. The number of aromatic nitrogens is 5. The summed E-state index contributed by atoms with van der Waals surface area (Å²) < 4.78 is 8.27. The molecule has 0 aliphatic rings. The van der Waals surface area contributed by atoms with Crippen molar-refractivity contribution >= 4 is 27.5 Å². The highest BCUT2D eigenvalue weighted by Gasteiger charge is 2.16. The number of para-hydroxylation sites is 1. The number of carbonyl (C=O) groups excluding carboxylic acids is 1. The van der Waals surface area contributed by atoms with Gasteiger partial charge in [0.1, 0.15) is 0 Å². The summed E-state index contributed by atoms with van der Waals surface area (Å²) >= 11 is 1.64. The predicted octanol–water partition coefficient (Wildman–Crippen LogP) is 3.64. The van der Waals surface area contributed by atoms with Crippen molar-refractivity contribution in [2.75, 3.05) is 0 Å². The van der Waals surface area contributed by atoms with E-state index in [1.807, 2.05) is 43.3 Å². The van der Waals surface area contributed by atoms with Crippen LogP contribution in [0.3, 0.4) is 0 Å². The standard InChI is InChI=1S/C20H19N5O2S/c1-2-11-25-18(22-23-24-25)13-27-20(26)15-8-4-3-7-14(15)12-19-21-16-9-5-6-10-17(16)28-19/h3-10H,2,11-13H2,1H3. The van der Waals surface area contributed by atoms with Gasteiger partial charge in [-0.15, -0.1) is 16.4 Å². The number of rotatable bonds is 7. The predicted molar refractivity (Wildman–Crippen MR) is 106 cm³/mol. The van der Waals surface area contributed by atoms with Gasteiger partial charge in [-0.2, -0.15) is 0 Å². The second kappa shape index (κ2) is 8.26. The first-order valence-electron chi connectivity index (χ1n) is 9.09. The molecule has 4 aromatic rings. The molecule has 7 nitrogen and oxygen atoms in total. The first-order chi connectivity index (χ1) is 13.7. The summed E-state index contributed by atoms with van der Waals surface area (Å²) in [6.45, 7) is 2.77. The minimum atomic E-state index is -0.386. The average molecular weight is 393 g/mol. The lowest BCUT2D eigenvalue weighted by Crippen LogP contribution is -2.12. The van der Waals surface area contributed by atoms with Crippen LogP contribution in [0.4, 0.5) is 0 Å². The number of hydrogen-bond donors (Lipinski definition) is 0. The zero-order valence-electron chi connectivity index (χ0n) is 15.4. The van der Waals surface area contributed by atoms with Crippen LogP contribution in [0.2, 0.25) is 0 Å². The molecule has 0 radical (unpaired) electrons. The molecule has 0 N–H and O–H groups in total. The van der Waals surface area contributed by atoms with Crippen LogP contribution in [0.5, 0.6) is 0 Å². The van der Waals surface area contributed by atoms with E-state index in [1.54, 1.807) is 22.1 Å². The summed E-state index contributed by atoms with van der Waals surface area (Å²) in [5.41, 5.74) is 2.40. The molecule has 0 unspecified atom stereocenters. The van der Waals surface area contributed by atoms with Gasteiger partial charge in [-0.25, -0.2) is 14.5 Å². The summed E-state index contributed by atoms with van der Waals surface area (Å²) in [6.07, 6.45) is 1.48. The van der Waals surface area contributed by atoms with Gasteiger partial charge in [-0.05, 0) is 40.6 Å². The molecule has 0 aliphatic carbocycles. The maximum absolute atomic E-state index is 12.7. The highest BCUT2D eigenvalue weighted by molar-refractivity contribution is 7.18. The van der Waals surface area contributed by atoms with E-state index in [0.29, 0.717) is 24.4 Å². The van der Waals surface area contributed by atoms with E-state index in [2.05, 4.69) is 26.6 Å². The van der Waals surface area contributed by atoms with Crippen LogP contribution in [0.15, 0.2) is 48.5 Å². The van der Waals surface area contributed by atoms with Gasteiger partial charge >= 0.3 is 5.97 Å². The van der Waals surface area contributed by atoms with Gasteiger partial charge in [0.15, 0.2) is 12.4 Å². The Bertz CT molecular complexity index is 1070. The fraction of sp³-hybridized carbons (Fsp3) is 0.250. The third-order valence-corrected chi connectivity index (χ3v) is 5.33. The van der Waals surface area contributed by atoms with Crippen molar-refractivity contribution in [3.05, 3.63) is 70.5 Å². The zero-order valence-corrected chi connectivity index (χ0v) is 16.2. The van der Waals surface area contributed by atoms with Crippen LogP contribution < -0.4 is 0 Å². The van der Waals surface area contributed by atoms with E-state index in [1.165, 1.54) is 0 Å². The molecule has 2 aromatic heterocycles. The van der Waals surface area contributed by atoms with Crippen molar-refractivity contribution in [2.45, 2.75) is 32.9 Å². The van der Waals surface area contributed by atoms with Gasteiger partial charge in [0.25, 0.3) is 0 Å². The molecule has 0 aliphatic heterocycles. The number of esters is 1. The molecule has 0 saturated carbocycles. The number of ether oxygens (including phenoxy) is 1. The summed E-state index contributed by atoms with van der Waals surface area (Å²) in [4.78, 5) is 17.3. The van der Waals surface area contributed by atoms with Crippen molar-refractivity contribution in [3.8, 4) is 0 Å². The molecule has 0 fully saturated rings. The average Bonchev–Trinajstić information content (AvgIpc) is 3.33. The Labute approximate surface area is 166 Å². The molecule has 2 aromatic carbocycles. The third kappa shape index (κ3) is 3.91. The van der Waals surface area contributed by atoms with Crippen molar-refractivity contribution < 1.29 is 9.53 Å². The highest BCUT2D eigenvalue weighted by Crippen LogP contribution is 2.25. The summed E-state index contributed by atoms with van der Waals surface area (Å²) in [7, 11) is 0. The van der Waals surface area contributed by atoms with Gasteiger partial charge < -0.3 is 4.74 Å². The molecule has 0 spiro atoms. The fourth-order valence-corrected chi connectivity index (χ4v) is 3.94. The van der Waals surface area contributed by atoms with E-state index < -0.39 is 0 Å². The van der Waals surface area contributed by atoms with E-state index in [0.717, 1.165) is 27.2 Å². The number of tetrazole rings is 1. The second-order valence-electron chi connectivity index (χ2n) is 6.30. The normalized spacial score (nSPS) is 11.0. The van der Waals surface area contributed by atoms with Gasteiger partial charge in [0, 0.05) is 13.0 Å². The van der Waals surface area contributed by atoms with Crippen LogP contribution in [-0.2, 0) is 24.3 Å². The van der Waals surface area contributed by atoms with Crippen LogP contribution in [0.1, 0.15) is 40.1 Å². The molecule has 4 rings (SSSR count). The van der Waals surface area contributed by atoms with Gasteiger partial charge in [0.05, 0.1) is 20.8 Å². The number of thiazole rings is 1. The lowest BCUT2D eigenvalue weighted by atomic mass is 10.1. The zero-order chi connectivity index (χ0) is 19.3. The minimum absolute atomic E-state index is 0.0430. The first kappa shape index (κ1) is 18.2. The van der Waals surface area contributed by atoms with Gasteiger partial charge in [0.2, 0.25) is 0 Å². The lowest BCUT2D eigenvalue weighted by Gasteiger charge is -2.09. The molecule has 0 bridgehead atoms. The number of carbonyl (C=O) groups is 1. The summed E-state index contributed by atoms with van der Waals surface area (Å²) in [5.74, 6) is 0.154. The molecule has 142 valence electrons. The first-order valence-corrected chi connectivity index (χ1v) is 9.90. The summed E-state index contributed by atoms with van der Waals surface area (Å²) in [6, 6.07) is 15.5. The highest BCUT2D eigenvalue weighted by atomic mass is 32.1. The van der Waals surface area contributed by atoms with Crippen molar-refractivity contribution in [1.82, 2.24) is 25.2 Å². The number of nitrogens with zero attached hydrogens (tertiary/aromatic N) is 5. The van der Waals surface area contributed by atoms with Gasteiger partial charge in [-0.3, -0.25) is 0 Å². The molecule has 0 saturated heterocycles. The lowest BCUT2D eigenvalue weighted by molar-refractivity contribution is 0.0455. The van der Waals surface area contributed by atoms with Crippen LogP contribution in [-0.4, -0.2) is 31.2 Å². The Morgan fingerprint density at radius 2 is 1.96 bits per heavy atom. The topological polar surface area (TPSA) is 82.8 Å². The minimum Gasteiger partial charge on any atom is -0.454 e. The quantitative estimate of drug-likeness (QED) is 0.446. The smallest absolute Gasteiger partial charge is 0.338 e. The maximum atomic E-state index is 12.7. The number of fused-ring (bicyclic) bond motifs is 1. The second-order valence-corrected chi connectivity index (χ2v) is 7.42. The Morgan fingerprint density at radius 3 is 2.82 bits per heavy atom. The Hall–Kier alpha value is -3.13. The molecule has 0 atom stereocenters. The van der Waals surface area contributed by atoms with E-state index >= 15 is 0 Å². The Kier molecular flexibility index (Phi) is 5.38. The van der Waals surface area contributed by atoms with E-state index in [4.69, 9.17) is 4.74 Å². The molecular formula is C20H19N5O2S. The van der Waals surface area contributed by atoms with Crippen LogP contribution >= 0.6 is 11.3 Å². The number of hydrogen-bond acceptors (Lipinski definition) is 7. The summed E-state index contributed by atoms with van der Waals surface area (Å²) in [5, 5.41) is 12.5. The van der Waals surface area contributed by atoms with Crippen molar-refractivity contribution in [1.29, 1.82) is 0 Å². The van der Waals surface area contributed by atoms with Crippen LogP contribution in [0, 0.1) is 0 Å². The third-order valence-electron chi connectivity index (χ3n) is 4.29. The molecule has 8 heteroatoms. The monoisotopic (exact) mass is 393 g/mol. The SMILES string of the molecule is CCCn1nnnc1COC(=O)c1ccccc1Cc1nc2ccccc2s1. The molecule has 2 heterocycles. The number of aryl methyl sites for hydroxylation is 1. The van der Waals surface area contributed by atoms with E-state index in [-0.39, 0.29) is 12.6 Å². The van der Waals surface area contributed by atoms with Gasteiger partial charge in [-0.1, -0.05) is 37.3 Å². The van der Waals surface area contributed by atoms with Crippen molar-refractivity contribution in [2.24, 2.45) is 0 Å². The van der Waals surface area contributed by atoms with E-state index in [9.17, 15) is 4.79 Å². The molecular weight excluding hydrogens is 374 g/mol. The van der Waals surface area contributed by atoms with Crippen LogP contribution in [0.25, 0.3) is 10.2 Å². The fourth-order valence-electron chi connectivity index (χ4n) is 2.95. The van der Waals surface area contributed by atoms with Crippen molar-refractivity contribution in [3.63, 3.8) is 0 Å². The Morgan fingerprint density at radius 1 is 1.14 bits per heavy atom. The number of benzene rings is 2. The largest absolute Gasteiger partial charge is 0.454 e.